The van der Waals surface area contributed by atoms with Gasteiger partial charge in [-0.2, -0.15) is 5.26 Å². The fourth-order valence-corrected chi connectivity index (χ4v) is 3.45. The van der Waals surface area contributed by atoms with Crippen molar-refractivity contribution in [3.63, 3.8) is 0 Å². The minimum atomic E-state index is -0.558. The quantitative estimate of drug-likeness (QED) is 0.711. The Kier molecular flexibility index (Phi) is 5.44. The van der Waals surface area contributed by atoms with E-state index in [2.05, 4.69) is 11.1 Å². The van der Waals surface area contributed by atoms with Gasteiger partial charge < -0.3 is 18.9 Å². The molecule has 0 radical (unpaired) electrons. The fourth-order valence-electron chi connectivity index (χ4n) is 3.45. The summed E-state index contributed by atoms with van der Waals surface area (Å²) >= 11 is 0. The Morgan fingerprint density at radius 3 is 2.45 bits per heavy atom. The molecule has 1 aromatic rings. The first-order valence-corrected chi connectivity index (χ1v) is 10.1. The van der Waals surface area contributed by atoms with Gasteiger partial charge in [-0.1, -0.05) is 0 Å². The van der Waals surface area contributed by atoms with E-state index in [9.17, 15) is 10.1 Å². The van der Waals surface area contributed by atoms with Crippen molar-refractivity contribution in [1.29, 1.82) is 5.26 Å². The Labute approximate surface area is 173 Å². The molecule has 1 amide bonds. The summed E-state index contributed by atoms with van der Waals surface area (Å²) in [6.07, 6.45) is 0.451. The van der Waals surface area contributed by atoms with Crippen molar-refractivity contribution >= 4 is 18.7 Å². The molecule has 8 heteroatoms. The standard InChI is InChI=1S/C21H30BN3O4/c1-19(2,3)27-18(26)25-9-8-14(13-25)17-11-15(10-16(12-23)24-17)22-28-20(4,5)21(6,7)29-22/h10-11,14H,8-9,13H2,1-7H3. The summed E-state index contributed by atoms with van der Waals surface area (Å²) in [5.41, 5.74) is 0.422. The molecule has 7 nitrogen and oxygen atoms in total. The molecule has 0 N–H and O–H groups in total. The number of ether oxygens (including phenoxy) is 1. The van der Waals surface area contributed by atoms with E-state index >= 15 is 0 Å². The Morgan fingerprint density at radius 2 is 1.90 bits per heavy atom. The van der Waals surface area contributed by atoms with Crippen LogP contribution in [-0.4, -0.2) is 53.0 Å². The van der Waals surface area contributed by atoms with Crippen LogP contribution in [0.1, 0.15) is 72.2 Å². The summed E-state index contributed by atoms with van der Waals surface area (Å²) in [4.78, 5) is 18.6. The van der Waals surface area contributed by atoms with Gasteiger partial charge in [-0.25, -0.2) is 9.78 Å². The number of nitrogens with zero attached hydrogens (tertiary/aromatic N) is 3. The highest BCUT2D eigenvalue weighted by atomic mass is 16.7. The second kappa shape index (κ2) is 7.30. The number of likely N-dealkylation sites (tertiary alicyclic amines) is 1. The zero-order chi connectivity index (χ0) is 21.6. The lowest BCUT2D eigenvalue weighted by molar-refractivity contribution is 0.00578. The van der Waals surface area contributed by atoms with Crippen LogP contribution in [0.15, 0.2) is 12.1 Å². The van der Waals surface area contributed by atoms with Crippen molar-refractivity contribution < 1.29 is 18.8 Å². The predicted molar refractivity (Wildman–Crippen MR) is 110 cm³/mol. The SMILES string of the molecule is CC(C)(C)OC(=O)N1CCC(c2cc(B3OC(C)(C)C(C)(C)O3)cc(C#N)n2)C1. The van der Waals surface area contributed by atoms with E-state index in [4.69, 9.17) is 14.0 Å². The molecule has 0 aliphatic carbocycles. The predicted octanol–water partition coefficient (Wildman–Crippen LogP) is 2.98. The molecular formula is C21H30BN3O4. The minimum Gasteiger partial charge on any atom is -0.444 e. The van der Waals surface area contributed by atoms with Gasteiger partial charge in [0.25, 0.3) is 0 Å². The van der Waals surface area contributed by atoms with E-state index in [0.717, 1.165) is 17.6 Å². The molecule has 2 aliphatic rings. The average Bonchev–Trinajstić information content (AvgIpc) is 3.16. The highest BCUT2D eigenvalue weighted by Gasteiger charge is 2.52. The molecule has 156 valence electrons. The van der Waals surface area contributed by atoms with Crippen LogP contribution < -0.4 is 5.46 Å². The van der Waals surface area contributed by atoms with Crippen molar-refractivity contribution in [2.24, 2.45) is 0 Å². The van der Waals surface area contributed by atoms with Crippen molar-refractivity contribution in [3.8, 4) is 6.07 Å². The Balaban J connectivity index is 1.81. The number of nitriles is 1. The largest absolute Gasteiger partial charge is 0.495 e. The number of hydrogen-bond acceptors (Lipinski definition) is 6. The van der Waals surface area contributed by atoms with Gasteiger partial charge in [0.1, 0.15) is 17.4 Å². The van der Waals surface area contributed by atoms with E-state index in [0.29, 0.717) is 18.8 Å². The lowest BCUT2D eigenvalue weighted by Crippen LogP contribution is -2.41. The van der Waals surface area contributed by atoms with E-state index in [1.807, 2.05) is 54.5 Å². The molecule has 1 atom stereocenters. The van der Waals surface area contributed by atoms with Crippen molar-refractivity contribution in [2.75, 3.05) is 13.1 Å². The smallest absolute Gasteiger partial charge is 0.444 e. The molecule has 3 rings (SSSR count). The number of carbonyl (C=O) groups is 1. The van der Waals surface area contributed by atoms with Gasteiger partial charge in [0.05, 0.1) is 11.2 Å². The molecule has 1 unspecified atom stereocenters. The molecule has 2 saturated heterocycles. The maximum atomic E-state index is 12.4. The molecule has 0 saturated carbocycles. The molecule has 1 aromatic heterocycles. The van der Waals surface area contributed by atoms with Gasteiger partial charge in [0.2, 0.25) is 0 Å². The summed E-state index contributed by atoms with van der Waals surface area (Å²) in [6.45, 7) is 14.7. The Hall–Kier alpha value is -2.11. The zero-order valence-electron chi connectivity index (χ0n) is 18.4. The summed E-state index contributed by atoms with van der Waals surface area (Å²) in [6, 6.07) is 5.79. The second-order valence-electron chi connectivity index (χ2n) is 9.82. The number of carbonyl (C=O) groups excluding carboxylic acids is 1. The molecule has 29 heavy (non-hydrogen) atoms. The third-order valence-electron chi connectivity index (χ3n) is 5.77. The Morgan fingerprint density at radius 1 is 1.28 bits per heavy atom. The molecule has 0 spiro atoms. The van der Waals surface area contributed by atoms with Crippen molar-refractivity contribution in [1.82, 2.24) is 9.88 Å². The number of pyridine rings is 1. The lowest BCUT2D eigenvalue weighted by atomic mass is 9.78. The van der Waals surface area contributed by atoms with E-state index in [-0.39, 0.29) is 12.0 Å². The molecule has 2 aliphatic heterocycles. The van der Waals surface area contributed by atoms with Crippen LogP contribution in [0.4, 0.5) is 4.79 Å². The maximum absolute atomic E-state index is 12.4. The van der Waals surface area contributed by atoms with Crippen LogP contribution in [0.25, 0.3) is 0 Å². The molecule has 0 bridgehead atoms. The normalized spacial score (nSPS) is 23.2. The molecule has 3 heterocycles. The van der Waals surface area contributed by atoms with Gasteiger partial charge in [-0.3, -0.25) is 0 Å². The van der Waals surface area contributed by atoms with E-state index in [1.54, 1.807) is 11.0 Å². The van der Waals surface area contributed by atoms with Crippen LogP contribution in [0.5, 0.6) is 0 Å². The lowest BCUT2D eigenvalue weighted by Gasteiger charge is -2.32. The zero-order valence-corrected chi connectivity index (χ0v) is 18.4. The number of rotatable bonds is 2. The summed E-state index contributed by atoms with van der Waals surface area (Å²) in [7, 11) is -0.558. The third-order valence-corrected chi connectivity index (χ3v) is 5.77. The van der Waals surface area contributed by atoms with E-state index in [1.165, 1.54) is 0 Å². The van der Waals surface area contributed by atoms with Gasteiger partial charge in [0, 0.05) is 24.7 Å². The highest BCUT2D eigenvalue weighted by molar-refractivity contribution is 6.62. The van der Waals surface area contributed by atoms with E-state index < -0.39 is 23.9 Å². The molecule has 0 aromatic carbocycles. The van der Waals surface area contributed by atoms with Crippen LogP contribution in [0.3, 0.4) is 0 Å². The minimum absolute atomic E-state index is 0.0389. The van der Waals surface area contributed by atoms with Crippen molar-refractivity contribution in [2.45, 2.75) is 77.6 Å². The first-order valence-electron chi connectivity index (χ1n) is 10.1. The summed E-state index contributed by atoms with van der Waals surface area (Å²) < 4.78 is 17.8. The van der Waals surface area contributed by atoms with Crippen molar-refractivity contribution in [3.05, 3.63) is 23.5 Å². The molecular weight excluding hydrogens is 369 g/mol. The summed E-state index contributed by atoms with van der Waals surface area (Å²) in [5, 5.41) is 9.47. The van der Waals surface area contributed by atoms with Gasteiger partial charge in [-0.05, 0) is 72.5 Å². The number of aromatic nitrogens is 1. The van der Waals surface area contributed by atoms with Gasteiger partial charge in [-0.15, -0.1) is 0 Å². The van der Waals surface area contributed by atoms with Gasteiger partial charge >= 0.3 is 13.2 Å². The third kappa shape index (κ3) is 4.57. The van der Waals surface area contributed by atoms with Crippen LogP contribution in [0.2, 0.25) is 0 Å². The summed E-state index contributed by atoms with van der Waals surface area (Å²) in [5.74, 6) is 0.0389. The topological polar surface area (TPSA) is 84.7 Å². The second-order valence-corrected chi connectivity index (χ2v) is 9.82. The highest BCUT2D eigenvalue weighted by Crippen LogP contribution is 2.37. The van der Waals surface area contributed by atoms with Crippen LogP contribution in [-0.2, 0) is 14.0 Å². The maximum Gasteiger partial charge on any atom is 0.495 e. The molecule has 2 fully saturated rings. The number of hydrogen-bond donors (Lipinski definition) is 0. The van der Waals surface area contributed by atoms with Crippen LogP contribution >= 0.6 is 0 Å². The van der Waals surface area contributed by atoms with Gasteiger partial charge in [0.15, 0.2) is 0 Å². The fraction of sp³-hybridized carbons (Fsp3) is 0.667. The number of amides is 1. The monoisotopic (exact) mass is 399 g/mol. The first kappa shape index (κ1) is 21.6. The Bertz CT molecular complexity index is 825. The van der Waals surface area contributed by atoms with Crippen LogP contribution in [0, 0.1) is 11.3 Å². The average molecular weight is 399 g/mol. The first-order chi connectivity index (χ1) is 13.3.